The van der Waals surface area contributed by atoms with E-state index in [4.69, 9.17) is 16.0 Å². The molecule has 0 N–H and O–H groups in total. The lowest BCUT2D eigenvalue weighted by Crippen LogP contribution is -2.39. The van der Waals surface area contributed by atoms with Crippen molar-refractivity contribution in [3.63, 3.8) is 0 Å². The first-order chi connectivity index (χ1) is 11.1. The fourth-order valence-corrected chi connectivity index (χ4v) is 3.69. The van der Waals surface area contributed by atoms with Crippen molar-refractivity contribution in [1.82, 2.24) is 9.80 Å². The van der Waals surface area contributed by atoms with Crippen molar-refractivity contribution in [2.24, 2.45) is 0 Å². The van der Waals surface area contributed by atoms with Gasteiger partial charge in [-0.1, -0.05) is 11.6 Å². The normalized spacial score (nSPS) is 21.6. The third kappa shape index (κ3) is 2.59. The van der Waals surface area contributed by atoms with Gasteiger partial charge in [-0.2, -0.15) is 0 Å². The van der Waals surface area contributed by atoms with Gasteiger partial charge in [0.2, 0.25) is 5.91 Å². The summed E-state index contributed by atoms with van der Waals surface area (Å²) in [6.07, 6.45) is 2.39. The van der Waals surface area contributed by atoms with Gasteiger partial charge < -0.3 is 14.2 Å². The Kier molecular flexibility index (Phi) is 3.53. The van der Waals surface area contributed by atoms with Gasteiger partial charge in [-0.25, -0.2) is 0 Å². The van der Waals surface area contributed by atoms with Crippen LogP contribution in [0, 0.1) is 0 Å². The van der Waals surface area contributed by atoms with Gasteiger partial charge in [0.1, 0.15) is 5.58 Å². The van der Waals surface area contributed by atoms with Crippen molar-refractivity contribution >= 4 is 34.4 Å². The smallest absolute Gasteiger partial charge is 0.289 e. The van der Waals surface area contributed by atoms with Crippen LogP contribution in [0.3, 0.4) is 0 Å². The minimum absolute atomic E-state index is 0.119. The maximum atomic E-state index is 12.6. The maximum Gasteiger partial charge on any atom is 0.289 e. The van der Waals surface area contributed by atoms with Crippen molar-refractivity contribution in [2.45, 2.75) is 25.3 Å². The van der Waals surface area contributed by atoms with Crippen LogP contribution in [0.2, 0.25) is 5.02 Å². The molecule has 2 amide bonds. The quantitative estimate of drug-likeness (QED) is 0.849. The van der Waals surface area contributed by atoms with E-state index in [9.17, 15) is 9.59 Å². The topological polar surface area (TPSA) is 53.8 Å². The van der Waals surface area contributed by atoms with E-state index < -0.39 is 0 Å². The molecule has 6 heteroatoms. The number of furan rings is 1. The Balaban J connectivity index is 1.51. The molecule has 2 aliphatic heterocycles. The molecule has 2 saturated heterocycles. The molecule has 2 fully saturated rings. The summed E-state index contributed by atoms with van der Waals surface area (Å²) >= 11 is 5.97. The molecule has 1 aromatic carbocycles. The standard InChI is InChI=1S/C17H17ClN2O3/c18-12-3-4-14-11(8-12)9-15(23-14)17(22)19-7-5-13(10-19)20-6-1-2-16(20)21/h3-4,8-9,13H,1-2,5-7,10H2. The zero-order valence-electron chi connectivity index (χ0n) is 12.6. The Hall–Kier alpha value is -2.01. The number of carbonyl (C=O) groups excluding carboxylic acids is 2. The Morgan fingerprint density at radius 1 is 1.26 bits per heavy atom. The molecule has 0 radical (unpaired) electrons. The van der Waals surface area contributed by atoms with Crippen LogP contribution in [0.4, 0.5) is 0 Å². The molecule has 5 nitrogen and oxygen atoms in total. The highest BCUT2D eigenvalue weighted by molar-refractivity contribution is 6.31. The van der Waals surface area contributed by atoms with Crippen LogP contribution in [0.15, 0.2) is 28.7 Å². The Morgan fingerprint density at radius 2 is 2.13 bits per heavy atom. The number of amides is 2. The van der Waals surface area contributed by atoms with E-state index in [1.807, 2.05) is 4.90 Å². The average Bonchev–Trinajstić information content (AvgIpc) is 3.23. The molecular weight excluding hydrogens is 316 g/mol. The van der Waals surface area contributed by atoms with Gasteiger partial charge in [-0.3, -0.25) is 9.59 Å². The summed E-state index contributed by atoms with van der Waals surface area (Å²) in [5, 5.41) is 1.44. The van der Waals surface area contributed by atoms with E-state index in [1.165, 1.54) is 0 Å². The van der Waals surface area contributed by atoms with Crippen molar-refractivity contribution in [2.75, 3.05) is 19.6 Å². The van der Waals surface area contributed by atoms with Gasteiger partial charge in [0.25, 0.3) is 5.91 Å². The first-order valence-corrected chi connectivity index (χ1v) is 8.27. The molecule has 4 rings (SSSR count). The van der Waals surface area contributed by atoms with Crippen LogP contribution in [0.5, 0.6) is 0 Å². The number of fused-ring (bicyclic) bond motifs is 1. The third-order valence-corrected chi connectivity index (χ3v) is 4.93. The van der Waals surface area contributed by atoms with Crippen LogP contribution in [-0.2, 0) is 4.79 Å². The maximum absolute atomic E-state index is 12.6. The highest BCUT2D eigenvalue weighted by Gasteiger charge is 2.35. The molecule has 23 heavy (non-hydrogen) atoms. The molecule has 2 aromatic rings. The molecule has 1 unspecified atom stereocenters. The number of rotatable bonds is 2. The number of benzene rings is 1. The number of halogens is 1. The zero-order valence-corrected chi connectivity index (χ0v) is 13.4. The predicted molar refractivity (Wildman–Crippen MR) is 86.5 cm³/mol. The highest BCUT2D eigenvalue weighted by atomic mass is 35.5. The van der Waals surface area contributed by atoms with Crippen molar-refractivity contribution in [3.05, 3.63) is 35.0 Å². The lowest BCUT2D eigenvalue weighted by atomic mass is 10.2. The summed E-state index contributed by atoms with van der Waals surface area (Å²) in [7, 11) is 0. The van der Waals surface area contributed by atoms with E-state index in [1.54, 1.807) is 29.2 Å². The van der Waals surface area contributed by atoms with Crippen LogP contribution in [0.25, 0.3) is 11.0 Å². The molecular formula is C17H17ClN2O3. The van der Waals surface area contributed by atoms with Gasteiger partial charge in [-0.05, 0) is 37.1 Å². The van der Waals surface area contributed by atoms with Gasteiger partial charge in [-0.15, -0.1) is 0 Å². The summed E-state index contributed by atoms with van der Waals surface area (Å²) in [6.45, 7) is 2.06. The molecule has 0 aliphatic carbocycles. The van der Waals surface area contributed by atoms with E-state index in [-0.39, 0.29) is 17.9 Å². The molecule has 2 aliphatic rings. The largest absolute Gasteiger partial charge is 0.451 e. The number of likely N-dealkylation sites (tertiary alicyclic amines) is 2. The fourth-order valence-electron chi connectivity index (χ4n) is 3.51. The Labute approximate surface area is 138 Å². The minimum atomic E-state index is -0.119. The highest BCUT2D eigenvalue weighted by Crippen LogP contribution is 2.26. The molecule has 0 saturated carbocycles. The molecule has 120 valence electrons. The Morgan fingerprint density at radius 3 is 2.91 bits per heavy atom. The summed E-state index contributed by atoms with van der Waals surface area (Å²) in [5.41, 5.74) is 0.656. The van der Waals surface area contributed by atoms with E-state index in [2.05, 4.69) is 0 Å². The molecule has 0 bridgehead atoms. The second-order valence-corrected chi connectivity index (χ2v) is 6.61. The minimum Gasteiger partial charge on any atom is -0.451 e. The number of hydrogen-bond donors (Lipinski definition) is 0. The number of nitrogens with zero attached hydrogens (tertiary/aromatic N) is 2. The first kappa shape index (κ1) is 14.6. The van der Waals surface area contributed by atoms with E-state index >= 15 is 0 Å². The number of hydrogen-bond acceptors (Lipinski definition) is 3. The molecule has 1 atom stereocenters. The SMILES string of the molecule is O=C(c1cc2cc(Cl)ccc2o1)N1CCC(N2CCCC2=O)C1. The zero-order chi connectivity index (χ0) is 16.0. The molecule has 3 heterocycles. The van der Waals surface area contributed by atoms with E-state index in [0.717, 1.165) is 24.8 Å². The monoisotopic (exact) mass is 332 g/mol. The first-order valence-electron chi connectivity index (χ1n) is 7.90. The number of carbonyl (C=O) groups is 2. The average molecular weight is 333 g/mol. The predicted octanol–water partition coefficient (Wildman–Crippen LogP) is 2.92. The van der Waals surface area contributed by atoms with Gasteiger partial charge >= 0.3 is 0 Å². The third-order valence-electron chi connectivity index (χ3n) is 4.69. The van der Waals surface area contributed by atoms with Crippen LogP contribution < -0.4 is 0 Å². The summed E-state index contributed by atoms with van der Waals surface area (Å²) in [6, 6.07) is 7.18. The molecule has 0 spiro atoms. The summed E-state index contributed by atoms with van der Waals surface area (Å²) in [4.78, 5) is 28.2. The fraction of sp³-hybridized carbons (Fsp3) is 0.412. The van der Waals surface area contributed by atoms with E-state index in [0.29, 0.717) is 35.9 Å². The summed E-state index contributed by atoms with van der Waals surface area (Å²) < 4.78 is 5.65. The second kappa shape index (κ2) is 5.57. The summed E-state index contributed by atoms with van der Waals surface area (Å²) in [5.74, 6) is 0.421. The van der Waals surface area contributed by atoms with Gasteiger partial charge in [0.05, 0.1) is 6.04 Å². The van der Waals surface area contributed by atoms with Crippen LogP contribution >= 0.6 is 11.6 Å². The second-order valence-electron chi connectivity index (χ2n) is 6.18. The molecule has 1 aromatic heterocycles. The van der Waals surface area contributed by atoms with Crippen molar-refractivity contribution < 1.29 is 14.0 Å². The van der Waals surface area contributed by atoms with Crippen LogP contribution in [0.1, 0.15) is 29.8 Å². The van der Waals surface area contributed by atoms with Crippen LogP contribution in [-0.4, -0.2) is 47.3 Å². The lowest BCUT2D eigenvalue weighted by molar-refractivity contribution is -0.129. The Bertz CT molecular complexity index is 785. The van der Waals surface area contributed by atoms with Crippen molar-refractivity contribution in [3.8, 4) is 0 Å². The van der Waals surface area contributed by atoms with Crippen molar-refractivity contribution in [1.29, 1.82) is 0 Å². The van der Waals surface area contributed by atoms with Gasteiger partial charge in [0.15, 0.2) is 5.76 Å². The lowest BCUT2D eigenvalue weighted by Gasteiger charge is -2.23. The van der Waals surface area contributed by atoms with Gasteiger partial charge in [0, 0.05) is 36.5 Å².